The Labute approximate surface area is 130 Å². The Bertz CT molecular complexity index is 433. The zero-order chi connectivity index (χ0) is 15.2. The first-order valence-corrected chi connectivity index (χ1v) is 8.70. The maximum atomic E-state index is 4.87. The lowest BCUT2D eigenvalue weighted by Gasteiger charge is -2.28. The van der Waals surface area contributed by atoms with Crippen LogP contribution in [0.1, 0.15) is 74.6 Å². The molecule has 21 heavy (non-hydrogen) atoms. The SMILES string of the molecule is CCNCCc1c(C)nc(C2CCCC(CC)C2)nc1C. The Hall–Kier alpha value is -0.960. The summed E-state index contributed by atoms with van der Waals surface area (Å²) in [5.74, 6) is 2.57. The monoisotopic (exact) mass is 289 g/mol. The second-order valence-corrected chi connectivity index (χ2v) is 6.47. The van der Waals surface area contributed by atoms with E-state index in [9.17, 15) is 0 Å². The topological polar surface area (TPSA) is 37.8 Å². The van der Waals surface area contributed by atoms with Crippen molar-refractivity contribution in [3.63, 3.8) is 0 Å². The molecule has 0 aromatic carbocycles. The van der Waals surface area contributed by atoms with Crippen LogP contribution in [0.2, 0.25) is 0 Å². The molecule has 2 rings (SSSR count). The molecule has 1 fully saturated rings. The minimum atomic E-state index is 0.587. The lowest BCUT2D eigenvalue weighted by Crippen LogP contribution is -2.20. The summed E-state index contributed by atoms with van der Waals surface area (Å²) < 4.78 is 0. The average molecular weight is 289 g/mol. The summed E-state index contributed by atoms with van der Waals surface area (Å²) in [6.07, 6.45) is 7.63. The van der Waals surface area contributed by atoms with Gasteiger partial charge in [-0.1, -0.05) is 33.1 Å². The van der Waals surface area contributed by atoms with E-state index in [-0.39, 0.29) is 0 Å². The summed E-state index contributed by atoms with van der Waals surface area (Å²) in [6, 6.07) is 0. The molecule has 3 nitrogen and oxygen atoms in total. The highest BCUT2D eigenvalue weighted by Crippen LogP contribution is 2.36. The van der Waals surface area contributed by atoms with Gasteiger partial charge in [-0.2, -0.15) is 0 Å². The van der Waals surface area contributed by atoms with Gasteiger partial charge in [0, 0.05) is 17.3 Å². The van der Waals surface area contributed by atoms with Gasteiger partial charge < -0.3 is 5.32 Å². The van der Waals surface area contributed by atoms with E-state index in [4.69, 9.17) is 9.97 Å². The molecule has 0 spiro atoms. The molecule has 1 aromatic heterocycles. The van der Waals surface area contributed by atoms with E-state index in [1.165, 1.54) is 49.1 Å². The van der Waals surface area contributed by atoms with Crippen LogP contribution in [0.4, 0.5) is 0 Å². The maximum absolute atomic E-state index is 4.87. The molecule has 1 aliphatic rings. The van der Waals surface area contributed by atoms with Crippen molar-refractivity contribution in [2.75, 3.05) is 13.1 Å². The van der Waals surface area contributed by atoms with E-state index in [1.54, 1.807) is 0 Å². The average Bonchev–Trinajstić information content (AvgIpc) is 2.50. The second kappa shape index (κ2) is 7.88. The van der Waals surface area contributed by atoms with Crippen molar-refractivity contribution in [2.45, 2.75) is 72.1 Å². The predicted molar refractivity (Wildman–Crippen MR) is 88.7 cm³/mol. The fourth-order valence-electron chi connectivity index (χ4n) is 3.60. The van der Waals surface area contributed by atoms with E-state index < -0.39 is 0 Å². The van der Waals surface area contributed by atoms with Crippen LogP contribution in [0.5, 0.6) is 0 Å². The molecule has 1 aromatic rings. The number of aryl methyl sites for hydroxylation is 2. The maximum Gasteiger partial charge on any atom is 0.131 e. The molecule has 1 aliphatic carbocycles. The first kappa shape index (κ1) is 16.4. The molecule has 2 atom stereocenters. The van der Waals surface area contributed by atoms with Crippen LogP contribution in [0.15, 0.2) is 0 Å². The Morgan fingerprint density at radius 2 is 1.81 bits per heavy atom. The highest BCUT2D eigenvalue weighted by molar-refractivity contribution is 5.25. The number of likely N-dealkylation sites (N-methyl/N-ethyl adjacent to an activating group) is 1. The fourth-order valence-corrected chi connectivity index (χ4v) is 3.60. The first-order chi connectivity index (χ1) is 10.2. The summed E-state index contributed by atoms with van der Waals surface area (Å²) in [5, 5.41) is 3.39. The van der Waals surface area contributed by atoms with Gasteiger partial charge in [0.1, 0.15) is 5.82 Å². The summed E-state index contributed by atoms with van der Waals surface area (Å²) in [4.78, 5) is 9.73. The normalized spacial score (nSPS) is 22.5. The van der Waals surface area contributed by atoms with Gasteiger partial charge in [0.05, 0.1) is 0 Å². The van der Waals surface area contributed by atoms with Crippen molar-refractivity contribution in [1.82, 2.24) is 15.3 Å². The summed E-state index contributed by atoms with van der Waals surface area (Å²) in [6.45, 7) is 10.8. The Kier molecular flexibility index (Phi) is 6.16. The van der Waals surface area contributed by atoms with E-state index in [1.807, 2.05) is 0 Å². The lowest BCUT2D eigenvalue weighted by molar-refractivity contribution is 0.306. The van der Waals surface area contributed by atoms with E-state index in [2.05, 4.69) is 33.0 Å². The predicted octanol–water partition coefficient (Wildman–Crippen LogP) is 3.93. The molecular formula is C18H31N3. The van der Waals surface area contributed by atoms with Crippen molar-refractivity contribution >= 4 is 0 Å². The van der Waals surface area contributed by atoms with Crippen LogP contribution < -0.4 is 5.32 Å². The molecular weight excluding hydrogens is 258 g/mol. The van der Waals surface area contributed by atoms with Gasteiger partial charge in [-0.25, -0.2) is 9.97 Å². The smallest absolute Gasteiger partial charge is 0.131 e. The highest BCUT2D eigenvalue weighted by Gasteiger charge is 2.25. The third kappa shape index (κ3) is 4.26. The zero-order valence-corrected chi connectivity index (χ0v) is 14.2. The number of hydrogen-bond donors (Lipinski definition) is 1. The van der Waals surface area contributed by atoms with Gasteiger partial charge in [-0.3, -0.25) is 0 Å². The van der Waals surface area contributed by atoms with Gasteiger partial charge in [-0.05, 0) is 57.7 Å². The third-order valence-electron chi connectivity index (χ3n) is 4.97. The number of aromatic nitrogens is 2. The van der Waals surface area contributed by atoms with Gasteiger partial charge >= 0.3 is 0 Å². The molecule has 1 N–H and O–H groups in total. The number of nitrogens with zero attached hydrogens (tertiary/aromatic N) is 2. The fraction of sp³-hybridized carbons (Fsp3) is 0.778. The molecule has 1 saturated carbocycles. The zero-order valence-electron chi connectivity index (χ0n) is 14.2. The van der Waals surface area contributed by atoms with E-state index in [0.29, 0.717) is 5.92 Å². The highest BCUT2D eigenvalue weighted by atomic mass is 14.9. The Balaban J connectivity index is 2.11. The lowest BCUT2D eigenvalue weighted by atomic mass is 9.79. The largest absolute Gasteiger partial charge is 0.317 e. The second-order valence-electron chi connectivity index (χ2n) is 6.47. The molecule has 0 saturated heterocycles. The van der Waals surface area contributed by atoms with Crippen LogP contribution >= 0.6 is 0 Å². The Morgan fingerprint density at radius 3 is 2.43 bits per heavy atom. The molecule has 2 unspecified atom stereocenters. The Morgan fingerprint density at radius 1 is 1.10 bits per heavy atom. The van der Waals surface area contributed by atoms with Crippen LogP contribution in [-0.4, -0.2) is 23.1 Å². The summed E-state index contributed by atoms with van der Waals surface area (Å²) >= 11 is 0. The molecule has 0 bridgehead atoms. The van der Waals surface area contributed by atoms with Crippen LogP contribution in [0, 0.1) is 19.8 Å². The summed E-state index contributed by atoms with van der Waals surface area (Å²) in [7, 11) is 0. The number of rotatable bonds is 6. The molecule has 0 radical (unpaired) electrons. The van der Waals surface area contributed by atoms with Crippen molar-refractivity contribution in [2.24, 2.45) is 5.92 Å². The number of nitrogens with one attached hydrogen (secondary N) is 1. The van der Waals surface area contributed by atoms with Crippen molar-refractivity contribution in [3.05, 3.63) is 22.8 Å². The molecule has 3 heteroatoms. The minimum absolute atomic E-state index is 0.587. The van der Waals surface area contributed by atoms with Gasteiger partial charge in [-0.15, -0.1) is 0 Å². The van der Waals surface area contributed by atoms with Gasteiger partial charge in [0.25, 0.3) is 0 Å². The van der Waals surface area contributed by atoms with Crippen molar-refractivity contribution in [1.29, 1.82) is 0 Å². The standard InChI is InChI=1S/C18H31N3/c1-5-15-8-7-9-16(12-15)18-20-13(3)17(14(4)21-18)10-11-19-6-2/h15-16,19H,5-12H2,1-4H3. The molecule has 118 valence electrons. The van der Waals surface area contributed by atoms with Gasteiger partial charge in [0.15, 0.2) is 0 Å². The van der Waals surface area contributed by atoms with Crippen molar-refractivity contribution in [3.8, 4) is 0 Å². The van der Waals surface area contributed by atoms with Gasteiger partial charge in [0.2, 0.25) is 0 Å². The quantitative estimate of drug-likeness (QED) is 0.806. The third-order valence-corrected chi connectivity index (χ3v) is 4.97. The molecule has 0 amide bonds. The molecule has 0 aliphatic heterocycles. The number of hydrogen-bond acceptors (Lipinski definition) is 3. The summed E-state index contributed by atoms with van der Waals surface area (Å²) in [5.41, 5.74) is 3.71. The van der Waals surface area contributed by atoms with E-state index in [0.717, 1.165) is 31.3 Å². The van der Waals surface area contributed by atoms with Crippen LogP contribution in [0.3, 0.4) is 0 Å². The minimum Gasteiger partial charge on any atom is -0.317 e. The first-order valence-electron chi connectivity index (χ1n) is 8.70. The molecule has 1 heterocycles. The van der Waals surface area contributed by atoms with Crippen molar-refractivity contribution < 1.29 is 0 Å². The van der Waals surface area contributed by atoms with Crippen LogP contribution in [-0.2, 0) is 6.42 Å². The van der Waals surface area contributed by atoms with Crippen LogP contribution in [0.25, 0.3) is 0 Å². The van der Waals surface area contributed by atoms with E-state index >= 15 is 0 Å².